The third kappa shape index (κ3) is 2.63. The fourth-order valence-electron chi connectivity index (χ4n) is 3.18. The zero-order valence-corrected chi connectivity index (χ0v) is 11.4. The monoisotopic (exact) mass is 244 g/mol. The quantitative estimate of drug-likeness (QED) is 0.868. The van der Waals surface area contributed by atoms with Crippen LogP contribution in [0, 0.1) is 5.92 Å². The van der Waals surface area contributed by atoms with Gasteiger partial charge in [0.25, 0.3) is 0 Å². The molecule has 0 radical (unpaired) electrons. The molecule has 0 unspecified atom stereocenters. The number of hydrogen-bond acceptors (Lipinski definition) is 2. The Morgan fingerprint density at radius 3 is 2.28 bits per heavy atom. The highest BCUT2D eigenvalue weighted by molar-refractivity contribution is 5.55. The SMILES string of the molecule is CC1CC(Nc2ccc(N3CCCCC3)cc2)C1. The number of benzene rings is 1. The van der Waals surface area contributed by atoms with Crippen LogP contribution in [0.5, 0.6) is 0 Å². The Labute approximate surface area is 110 Å². The third-order valence-electron chi connectivity index (χ3n) is 4.33. The van der Waals surface area contributed by atoms with Gasteiger partial charge in [-0.15, -0.1) is 0 Å². The second-order valence-electron chi connectivity index (χ2n) is 6.01. The minimum Gasteiger partial charge on any atom is -0.382 e. The Kier molecular flexibility index (Phi) is 3.44. The summed E-state index contributed by atoms with van der Waals surface area (Å²) in [5.41, 5.74) is 2.68. The fraction of sp³-hybridized carbons (Fsp3) is 0.625. The van der Waals surface area contributed by atoms with Gasteiger partial charge >= 0.3 is 0 Å². The summed E-state index contributed by atoms with van der Waals surface area (Å²) in [7, 11) is 0. The van der Waals surface area contributed by atoms with Crippen LogP contribution in [0.3, 0.4) is 0 Å². The van der Waals surface area contributed by atoms with Crippen LogP contribution in [0.15, 0.2) is 24.3 Å². The maximum atomic E-state index is 3.62. The highest BCUT2D eigenvalue weighted by Crippen LogP contribution is 2.30. The molecule has 2 aliphatic rings. The Balaban J connectivity index is 1.58. The molecule has 1 aliphatic carbocycles. The first-order valence-corrected chi connectivity index (χ1v) is 7.43. The van der Waals surface area contributed by atoms with Crippen LogP contribution >= 0.6 is 0 Å². The van der Waals surface area contributed by atoms with Gasteiger partial charge in [-0.05, 0) is 62.3 Å². The molecular weight excluding hydrogens is 220 g/mol. The first-order valence-electron chi connectivity index (χ1n) is 7.43. The maximum Gasteiger partial charge on any atom is 0.0367 e. The van der Waals surface area contributed by atoms with Gasteiger partial charge in [-0.3, -0.25) is 0 Å². The Bertz CT molecular complexity index is 373. The van der Waals surface area contributed by atoms with E-state index in [4.69, 9.17) is 0 Å². The standard InChI is InChI=1S/C16H24N2/c1-13-11-15(12-13)17-14-5-7-16(8-6-14)18-9-3-2-4-10-18/h5-8,13,15,17H,2-4,9-12H2,1H3. The average molecular weight is 244 g/mol. The van der Waals surface area contributed by atoms with Crippen molar-refractivity contribution in [3.05, 3.63) is 24.3 Å². The Morgan fingerprint density at radius 2 is 1.67 bits per heavy atom. The lowest BCUT2D eigenvalue weighted by molar-refractivity contribution is 0.309. The van der Waals surface area contributed by atoms with Gasteiger partial charge in [0.1, 0.15) is 0 Å². The number of piperidine rings is 1. The van der Waals surface area contributed by atoms with E-state index in [1.165, 1.54) is 56.6 Å². The molecule has 0 bridgehead atoms. The lowest BCUT2D eigenvalue weighted by Crippen LogP contribution is -2.33. The van der Waals surface area contributed by atoms with Crippen molar-refractivity contribution in [1.29, 1.82) is 0 Å². The number of anilines is 2. The minimum atomic E-state index is 0.709. The van der Waals surface area contributed by atoms with Crippen LogP contribution in [0.25, 0.3) is 0 Å². The average Bonchev–Trinajstić information content (AvgIpc) is 2.39. The first kappa shape index (κ1) is 11.9. The largest absolute Gasteiger partial charge is 0.382 e. The highest BCUT2D eigenvalue weighted by atomic mass is 15.1. The molecule has 2 nitrogen and oxygen atoms in total. The number of nitrogens with zero attached hydrogens (tertiary/aromatic N) is 1. The van der Waals surface area contributed by atoms with Gasteiger partial charge in [-0.1, -0.05) is 6.92 Å². The third-order valence-corrected chi connectivity index (χ3v) is 4.33. The molecule has 1 N–H and O–H groups in total. The summed E-state index contributed by atoms with van der Waals surface area (Å²) in [5, 5.41) is 3.62. The molecule has 0 aromatic heterocycles. The molecule has 1 aromatic rings. The smallest absolute Gasteiger partial charge is 0.0367 e. The molecule has 1 saturated carbocycles. The van der Waals surface area contributed by atoms with Crippen molar-refractivity contribution >= 4 is 11.4 Å². The van der Waals surface area contributed by atoms with Gasteiger partial charge in [0.2, 0.25) is 0 Å². The molecule has 1 aliphatic heterocycles. The van der Waals surface area contributed by atoms with E-state index >= 15 is 0 Å². The topological polar surface area (TPSA) is 15.3 Å². The summed E-state index contributed by atoms with van der Waals surface area (Å²) in [6.45, 7) is 4.79. The lowest BCUT2D eigenvalue weighted by atomic mass is 9.82. The lowest BCUT2D eigenvalue weighted by Gasteiger charge is -2.34. The predicted molar refractivity (Wildman–Crippen MR) is 78.3 cm³/mol. The van der Waals surface area contributed by atoms with E-state index in [9.17, 15) is 0 Å². The van der Waals surface area contributed by atoms with Crippen LogP contribution in [0.4, 0.5) is 11.4 Å². The second kappa shape index (κ2) is 5.21. The first-order chi connectivity index (χ1) is 8.81. The van der Waals surface area contributed by atoms with Crippen molar-refractivity contribution in [2.24, 2.45) is 5.92 Å². The summed E-state index contributed by atoms with van der Waals surface area (Å²) >= 11 is 0. The number of hydrogen-bond donors (Lipinski definition) is 1. The minimum absolute atomic E-state index is 0.709. The summed E-state index contributed by atoms with van der Waals surface area (Å²) in [5.74, 6) is 0.912. The molecule has 18 heavy (non-hydrogen) atoms. The van der Waals surface area contributed by atoms with Gasteiger partial charge in [-0.2, -0.15) is 0 Å². The van der Waals surface area contributed by atoms with E-state index in [2.05, 4.69) is 41.4 Å². The predicted octanol–water partition coefficient (Wildman–Crippen LogP) is 3.89. The Morgan fingerprint density at radius 1 is 1.00 bits per heavy atom. The molecule has 0 amide bonds. The second-order valence-corrected chi connectivity index (χ2v) is 6.01. The van der Waals surface area contributed by atoms with Crippen molar-refractivity contribution in [2.45, 2.75) is 45.1 Å². The van der Waals surface area contributed by atoms with Crippen LogP contribution in [0.2, 0.25) is 0 Å². The molecule has 1 heterocycles. The molecule has 3 rings (SSSR count). The van der Waals surface area contributed by atoms with Gasteiger partial charge < -0.3 is 10.2 Å². The van der Waals surface area contributed by atoms with E-state index in [0.717, 1.165) is 5.92 Å². The maximum absolute atomic E-state index is 3.62. The van der Waals surface area contributed by atoms with Crippen molar-refractivity contribution in [3.63, 3.8) is 0 Å². The van der Waals surface area contributed by atoms with E-state index in [0.29, 0.717) is 6.04 Å². The van der Waals surface area contributed by atoms with Gasteiger partial charge in [-0.25, -0.2) is 0 Å². The molecule has 2 heteroatoms. The van der Waals surface area contributed by atoms with Crippen molar-refractivity contribution in [1.82, 2.24) is 0 Å². The summed E-state index contributed by atoms with van der Waals surface area (Å²) in [6, 6.07) is 9.74. The van der Waals surface area contributed by atoms with E-state index in [1.54, 1.807) is 0 Å². The van der Waals surface area contributed by atoms with Crippen LogP contribution in [-0.2, 0) is 0 Å². The molecule has 0 spiro atoms. The van der Waals surface area contributed by atoms with E-state index in [-0.39, 0.29) is 0 Å². The molecule has 2 fully saturated rings. The van der Waals surface area contributed by atoms with Crippen molar-refractivity contribution in [3.8, 4) is 0 Å². The number of nitrogens with one attached hydrogen (secondary N) is 1. The molecular formula is C16H24N2. The van der Waals surface area contributed by atoms with E-state index < -0.39 is 0 Å². The van der Waals surface area contributed by atoms with E-state index in [1.807, 2.05) is 0 Å². The van der Waals surface area contributed by atoms with Crippen LogP contribution < -0.4 is 10.2 Å². The fourth-order valence-corrected chi connectivity index (χ4v) is 3.18. The van der Waals surface area contributed by atoms with Gasteiger partial charge in [0.05, 0.1) is 0 Å². The molecule has 1 aromatic carbocycles. The molecule has 0 atom stereocenters. The summed E-state index contributed by atoms with van der Waals surface area (Å²) < 4.78 is 0. The Hall–Kier alpha value is -1.18. The summed E-state index contributed by atoms with van der Waals surface area (Å²) in [6.07, 6.45) is 6.75. The zero-order valence-electron chi connectivity index (χ0n) is 11.4. The van der Waals surface area contributed by atoms with Crippen molar-refractivity contribution < 1.29 is 0 Å². The van der Waals surface area contributed by atoms with Gasteiger partial charge in [0.15, 0.2) is 0 Å². The normalized spacial score (nSPS) is 27.7. The zero-order chi connectivity index (χ0) is 12.4. The number of rotatable bonds is 3. The highest BCUT2D eigenvalue weighted by Gasteiger charge is 2.24. The van der Waals surface area contributed by atoms with Gasteiger partial charge in [0, 0.05) is 30.5 Å². The van der Waals surface area contributed by atoms with Crippen molar-refractivity contribution in [2.75, 3.05) is 23.3 Å². The molecule has 98 valence electrons. The summed E-state index contributed by atoms with van der Waals surface area (Å²) in [4.78, 5) is 2.51. The van der Waals surface area contributed by atoms with Crippen LogP contribution in [-0.4, -0.2) is 19.1 Å². The van der Waals surface area contributed by atoms with Crippen LogP contribution in [0.1, 0.15) is 39.0 Å². The molecule has 1 saturated heterocycles.